The molecule has 18 heavy (non-hydrogen) atoms. The van der Waals surface area contributed by atoms with Gasteiger partial charge in [-0.2, -0.15) is 0 Å². The Morgan fingerprint density at radius 1 is 1.50 bits per heavy atom. The summed E-state index contributed by atoms with van der Waals surface area (Å²) in [5, 5.41) is 2.92. The van der Waals surface area contributed by atoms with Crippen LogP contribution in [0.5, 0.6) is 0 Å². The van der Waals surface area contributed by atoms with E-state index < -0.39 is 0 Å². The van der Waals surface area contributed by atoms with Gasteiger partial charge < -0.3 is 10.5 Å². The molecular weight excluding hydrogens is 248 g/mol. The monoisotopic (exact) mass is 266 g/mol. The SMILES string of the molecule is COC(C)CN(C)Cc1nc(N)c2ccsc2n1. The van der Waals surface area contributed by atoms with E-state index in [4.69, 9.17) is 10.5 Å². The second kappa shape index (κ2) is 5.60. The van der Waals surface area contributed by atoms with Crippen LogP contribution in [0.25, 0.3) is 10.2 Å². The molecule has 2 aromatic rings. The Balaban J connectivity index is 2.11. The summed E-state index contributed by atoms with van der Waals surface area (Å²) >= 11 is 1.59. The number of rotatable bonds is 5. The van der Waals surface area contributed by atoms with E-state index in [1.807, 2.05) is 25.4 Å². The number of hydrogen-bond donors (Lipinski definition) is 1. The third-order valence-corrected chi connectivity index (χ3v) is 3.59. The Labute approximate surface area is 111 Å². The Hall–Kier alpha value is -1.24. The molecule has 1 unspecified atom stereocenters. The Morgan fingerprint density at radius 3 is 3.00 bits per heavy atom. The first-order valence-corrected chi connectivity index (χ1v) is 6.69. The van der Waals surface area contributed by atoms with Crippen molar-refractivity contribution < 1.29 is 4.74 Å². The standard InChI is InChI=1S/C12H18N4OS/c1-8(17-3)6-16(2)7-10-14-11(13)9-4-5-18-12(9)15-10/h4-5,8H,6-7H2,1-3H3,(H2,13,14,15). The molecule has 0 aromatic carbocycles. The van der Waals surface area contributed by atoms with Crippen LogP contribution in [0.15, 0.2) is 11.4 Å². The van der Waals surface area contributed by atoms with Gasteiger partial charge in [-0.05, 0) is 25.4 Å². The third kappa shape index (κ3) is 2.95. The highest BCUT2D eigenvalue weighted by Crippen LogP contribution is 2.23. The van der Waals surface area contributed by atoms with Crippen LogP contribution in [-0.4, -0.2) is 41.7 Å². The van der Waals surface area contributed by atoms with Gasteiger partial charge in [0.1, 0.15) is 16.5 Å². The molecule has 1 atom stereocenters. The van der Waals surface area contributed by atoms with Gasteiger partial charge in [0.25, 0.3) is 0 Å². The van der Waals surface area contributed by atoms with E-state index in [0.29, 0.717) is 12.4 Å². The van der Waals surface area contributed by atoms with E-state index in [0.717, 1.165) is 22.6 Å². The summed E-state index contributed by atoms with van der Waals surface area (Å²) in [5.41, 5.74) is 5.92. The number of fused-ring (bicyclic) bond motifs is 1. The van der Waals surface area contributed by atoms with Gasteiger partial charge >= 0.3 is 0 Å². The van der Waals surface area contributed by atoms with Gasteiger partial charge in [0, 0.05) is 13.7 Å². The molecule has 0 saturated heterocycles. The highest BCUT2D eigenvalue weighted by molar-refractivity contribution is 7.16. The van der Waals surface area contributed by atoms with Crippen molar-refractivity contribution >= 4 is 27.4 Å². The maximum absolute atomic E-state index is 5.92. The van der Waals surface area contributed by atoms with Gasteiger partial charge in [0.2, 0.25) is 0 Å². The van der Waals surface area contributed by atoms with E-state index in [9.17, 15) is 0 Å². The lowest BCUT2D eigenvalue weighted by Crippen LogP contribution is -2.28. The van der Waals surface area contributed by atoms with Crippen LogP contribution in [0, 0.1) is 0 Å². The van der Waals surface area contributed by atoms with Crippen LogP contribution < -0.4 is 5.73 Å². The van der Waals surface area contributed by atoms with Crippen LogP contribution in [0.2, 0.25) is 0 Å². The first-order chi connectivity index (χ1) is 8.60. The van der Waals surface area contributed by atoms with Gasteiger partial charge in [-0.15, -0.1) is 11.3 Å². The topological polar surface area (TPSA) is 64.3 Å². The zero-order valence-corrected chi connectivity index (χ0v) is 11.7. The first-order valence-electron chi connectivity index (χ1n) is 5.81. The van der Waals surface area contributed by atoms with Gasteiger partial charge in [-0.1, -0.05) is 0 Å². The van der Waals surface area contributed by atoms with Crippen LogP contribution in [-0.2, 0) is 11.3 Å². The second-order valence-corrected chi connectivity index (χ2v) is 5.30. The number of methoxy groups -OCH3 is 1. The summed E-state index contributed by atoms with van der Waals surface area (Å²) < 4.78 is 5.23. The fourth-order valence-corrected chi connectivity index (χ4v) is 2.61. The maximum Gasteiger partial charge on any atom is 0.146 e. The molecule has 0 bridgehead atoms. The van der Waals surface area contributed by atoms with Crippen LogP contribution >= 0.6 is 11.3 Å². The van der Waals surface area contributed by atoms with Crippen molar-refractivity contribution in [2.75, 3.05) is 26.4 Å². The summed E-state index contributed by atoms with van der Waals surface area (Å²) in [5.74, 6) is 1.32. The second-order valence-electron chi connectivity index (χ2n) is 4.41. The molecule has 2 aromatic heterocycles. The van der Waals surface area contributed by atoms with Crippen molar-refractivity contribution in [3.63, 3.8) is 0 Å². The molecule has 98 valence electrons. The summed E-state index contributed by atoms with van der Waals surface area (Å²) in [7, 11) is 3.73. The zero-order chi connectivity index (χ0) is 13.1. The van der Waals surface area contributed by atoms with Crippen molar-refractivity contribution in [2.45, 2.75) is 19.6 Å². The number of aromatic nitrogens is 2. The molecule has 0 radical (unpaired) electrons. The number of nitrogens with two attached hydrogens (primary N) is 1. The van der Waals surface area contributed by atoms with Crippen LogP contribution in [0.1, 0.15) is 12.7 Å². The van der Waals surface area contributed by atoms with Gasteiger partial charge in [-0.25, -0.2) is 9.97 Å². The fraction of sp³-hybridized carbons (Fsp3) is 0.500. The van der Waals surface area contributed by atoms with Crippen LogP contribution in [0.3, 0.4) is 0 Å². The summed E-state index contributed by atoms with van der Waals surface area (Å²) in [6.07, 6.45) is 0.192. The van der Waals surface area contributed by atoms with E-state index in [-0.39, 0.29) is 6.10 Å². The number of thiophene rings is 1. The molecule has 0 saturated carbocycles. The predicted molar refractivity (Wildman–Crippen MR) is 74.6 cm³/mol. The number of nitrogens with zero attached hydrogens (tertiary/aromatic N) is 3. The number of hydrogen-bond acceptors (Lipinski definition) is 6. The normalized spacial score (nSPS) is 13.3. The minimum absolute atomic E-state index is 0.192. The molecule has 0 aliphatic rings. The quantitative estimate of drug-likeness (QED) is 0.893. The molecular formula is C12H18N4OS. The Bertz CT molecular complexity index is 528. The van der Waals surface area contributed by atoms with E-state index in [1.54, 1.807) is 18.4 Å². The molecule has 2 rings (SSSR count). The largest absolute Gasteiger partial charge is 0.383 e. The fourth-order valence-electron chi connectivity index (χ4n) is 1.81. The average molecular weight is 266 g/mol. The molecule has 0 aliphatic carbocycles. The van der Waals surface area contributed by atoms with Crippen molar-refractivity contribution in [1.82, 2.24) is 14.9 Å². The van der Waals surface area contributed by atoms with Gasteiger partial charge in [-0.3, -0.25) is 4.90 Å². The number of anilines is 1. The van der Waals surface area contributed by atoms with Crippen molar-refractivity contribution in [1.29, 1.82) is 0 Å². The lowest BCUT2D eigenvalue weighted by atomic mass is 10.3. The lowest BCUT2D eigenvalue weighted by Gasteiger charge is -2.19. The highest BCUT2D eigenvalue weighted by Gasteiger charge is 2.10. The van der Waals surface area contributed by atoms with E-state index in [1.165, 1.54) is 0 Å². The number of likely N-dealkylation sites (N-methyl/N-ethyl adjacent to an activating group) is 1. The summed E-state index contributed by atoms with van der Waals surface area (Å²) in [4.78, 5) is 11.9. The summed E-state index contributed by atoms with van der Waals surface area (Å²) in [6.45, 7) is 3.54. The molecule has 0 aliphatic heterocycles. The summed E-state index contributed by atoms with van der Waals surface area (Å²) in [6, 6.07) is 1.95. The minimum atomic E-state index is 0.192. The van der Waals surface area contributed by atoms with E-state index in [2.05, 4.69) is 14.9 Å². The van der Waals surface area contributed by atoms with Crippen LogP contribution in [0.4, 0.5) is 5.82 Å². The smallest absolute Gasteiger partial charge is 0.146 e. The maximum atomic E-state index is 5.92. The molecule has 0 amide bonds. The van der Waals surface area contributed by atoms with Crippen molar-refractivity contribution in [3.05, 3.63) is 17.3 Å². The van der Waals surface area contributed by atoms with Crippen molar-refractivity contribution in [3.8, 4) is 0 Å². The number of nitrogen functional groups attached to an aromatic ring is 1. The van der Waals surface area contributed by atoms with E-state index >= 15 is 0 Å². The first kappa shape index (κ1) is 13.2. The predicted octanol–water partition coefficient (Wildman–Crippen LogP) is 1.74. The zero-order valence-electron chi connectivity index (χ0n) is 10.9. The molecule has 2 N–H and O–H groups in total. The molecule has 0 fully saturated rings. The average Bonchev–Trinajstić information content (AvgIpc) is 2.77. The minimum Gasteiger partial charge on any atom is -0.383 e. The van der Waals surface area contributed by atoms with Crippen molar-refractivity contribution in [2.24, 2.45) is 0 Å². The van der Waals surface area contributed by atoms with Gasteiger partial charge in [0.15, 0.2) is 0 Å². The molecule has 0 spiro atoms. The molecule has 2 heterocycles. The number of ether oxygens (including phenoxy) is 1. The highest BCUT2D eigenvalue weighted by atomic mass is 32.1. The third-order valence-electron chi connectivity index (χ3n) is 2.78. The van der Waals surface area contributed by atoms with Gasteiger partial charge in [0.05, 0.1) is 18.0 Å². The Morgan fingerprint density at radius 2 is 2.28 bits per heavy atom. The molecule has 5 nitrogen and oxygen atoms in total. The Kier molecular flexibility index (Phi) is 4.11. The lowest BCUT2D eigenvalue weighted by molar-refractivity contribution is 0.0830. The molecule has 6 heteroatoms.